The van der Waals surface area contributed by atoms with Crippen LogP contribution >= 0.6 is 11.6 Å². The lowest BCUT2D eigenvalue weighted by Crippen LogP contribution is -2.28. The second-order valence-electron chi connectivity index (χ2n) is 8.71. The van der Waals surface area contributed by atoms with Crippen LogP contribution in [0.2, 0.25) is 5.02 Å². The van der Waals surface area contributed by atoms with E-state index in [0.29, 0.717) is 18.3 Å². The van der Waals surface area contributed by atoms with E-state index in [1.807, 2.05) is 19.1 Å². The van der Waals surface area contributed by atoms with Gasteiger partial charge < -0.3 is 10.2 Å². The standard InChI is InChI=1S/C22H28ClN3O/c1-14-10-19-18(24-21(14)25-20(27)12-22(3,4)5)11-15(2)26(19)13-16-6-8-17(23)9-7-16/h6-10,15H,11-13H2,1-5H3,(H,24,25,27)/t15-/m0/s1. The van der Waals surface area contributed by atoms with Gasteiger partial charge >= 0.3 is 0 Å². The Kier molecular flexibility index (Phi) is 5.48. The number of carbonyl (C=O) groups excluding carboxylic acids is 1. The van der Waals surface area contributed by atoms with Gasteiger partial charge in [-0.2, -0.15) is 0 Å². The van der Waals surface area contributed by atoms with E-state index >= 15 is 0 Å². The molecule has 1 aromatic heterocycles. The van der Waals surface area contributed by atoms with Crippen molar-refractivity contribution in [2.24, 2.45) is 5.41 Å². The van der Waals surface area contributed by atoms with E-state index in [-0.39, 0.29) is 11.3 Å². The van der Waals surface area contributed by atoms with E-state index in [1.165, 1.54) is 5.56 Å². The summed E-state index contributed by atoms with van der Waals surface area (Å²) >= 11 is 6.00. The summed E-state index contributed by atoms with van der Waals surface area (Å²) in [5.74, 6) is 0.700. The minimum Gasteiger partial charge on any atom is -0.363 e. The number of halogens is 1. The van der Waals surface area contributed by atoms with Crippen molar-refractivity contribution in [3.8, 4) is 0 Å². The molecule has 0 radical (unpaired) electrons. The average molecular weight is 386 g/mol. The Balaban J connectivity index is 1.80. The van der Waals surface area contributed by atoms with Crippen LogP contribution in [0.4, 0.5) is 11.5 Å². The number of rotatable bonds is 4. The molecule has 2 aromatic rings. The van der Waals surface area contributed by atoms with Crippen LogP contribution in [0.5, 0.6) is 0 Å². The smallest absolute Gasteiger partial charge is 0.226 e. The minimum atomic E-state index is -0.0430. The molecule has 1 aromatic carbocycles. The highest BCUT2D eigenvalue weighted by molar-refractivity contribution is 6.30. The van der Waals surface area contributed by atoms with Gasteiger partial charge in [0.2, 0.25) is 5.91 Å². The van der Waals surface area contributed by atoms with E-state index in [0.717, 1.165) is 34.9 Å². The van der Waals surface area contributed by atoms with Crippen molar-refractivity contribution >= 4 is 29.0 Å². The fourth-order valence-corrected chi connectivity index (χ4v) is 3.60. The largest absolute Gasteiger partial charge is 0.363 e. The van der Waals surface area contributed by atoms with Crippen molar-refractivity contribution in [1.82, 2.24) is 4.98 Å². The summed E-state index contributed by atoms with van der Waals surface area (Å²) in [7, 11) is 0. The number of benzene rings is 1. The first-order chi connectivity index (χ1) is 12.6. The molecule has 2 heterocycles. The summed E-state index contributed by atoms with van der Waals surface area (Å²) in [5.41, 5.74) is 4.38. The number of hydrogen-bond acceptors (Lipinski definition) is 3. The molecule has 0 saturated carbocycles. The number of nitrogens with zero attached hydrogens (tertiary/aromatic N) is 2. The predicted octanol–water partition coefficient (Wildman–Crippen LogP) is 5.37. The van der Waals surface area contributed by atoms with E-state index in [9.17, 15) is 4.79 Å². The molecule has 0 aliphatic carbocycles. The van der Waals surface area contributed by atoms with Gasteiger partial charge in [0.25, 0.3) is 0 Å². The van der Waals surface area contributed by atoms with Crippen LogP contribution in [0, 0.1) is 12.3 Å². The van der Waals surface area contributed by atoms with Crippen molar-refractivity contribution in [3.05, 3.63) is 52.2 Å². The zero-order chi connectivity index (χ0) is 19.8. The summed E-state index contributed by atoms with van der Waals surface area (Å²) in [6, 6.07) is 10.5. The third-order valence-corrected chi connectivity index (χ3v) is 5.07. The number of amides is 1. The molecule has 5 heteroatoms. The van der Waals surface area contributed by atoms with Crippen LogP contribution in [0.25, 0.3) is 0 Å². The van der Waals surface area contributed by atoms with Crippen LogP contribution < -0.4 is 10.2 Å². The monoisotopic (exact) mass is 385 g/mol. The lowest BCUT2D eigenvalue weighted by Gasteiger charge is -2.25. The molecule has 0 fully saturated rings. The molecule has 1 atom stereocenters. The zero-order valence-electron chi connectivity index (χ0n) is 16.8. The fraction of sp³-hybridized carbons (Fsp3) is 0.455. The third kappa shape index (κ3) is 4.81. The van der Waals surface area contributed by atoms with Crippen LogP contribution in [0.3, 0.4) is 0 Å². The molecule has 1 N–H and O–H groups in total. The van der Waals surface area contributed by atoms with Crippen molar-refractivity contribution in [1.29, 1.82) is 0 Å². The maximum Gasteiger partial charge on any atom is 0.226 e. The maximum absolute atomic E-state index is 12.3. The van der Waals surface area contributed by atoms with Crippen molar-refractivity contribution in [3.63, 3.8) is 0 Å². The second kappa shape index (κ2) is 7.51. The number of nitrogens with one attached hydrogen (secondary N) is 1. The van der Waals surface area contributed by atoms with Gasteiger partial charge in [0.05, 0.1) is 11.4 Å². The Bertz CT molecular complexity index is 840. The molecule has 4 nitrogen and oxygen atoms in total. The summed E-state index contributed by atoms with van der Waals surface area (Å²) < 4.78 is 0. The number of aryl methyl sites for hydroxylation is 1. The van der Waals surface area contributed by atoms with Crippen molar-refractivity contribution in [2.75, 3.05) is 10.2 Å². The number of aromatic nitrogens is 1. The number of pyridine rings is 1. The lowest BCUT2D eigenvalue weighted by molar-refractivity contribution is -0.117. The first kappa shape index (κ1) is 19.7. The Morgan fingerprint density at radius 3 is 2.59 bits per heavy atom. The Morgan fingerprint density at radius 1 is 1.30 bits per heavy atom. The topological polar surface area (TPSA) is 45.2 Å². The second-order valence-corrected chi connectivity index (χ2v) is 9.15. The molecular weight excluding hydrogens is 358 g/mol. The molecule has 3 rings (SSSR count). The first-order valence-corrected chi connectivity index (χ1v) is 9.81. The lowest BCUT2D eigenvalue weighted by atomic mass is 9.92. The van der Waals surface area contributed by atoms with Crippen LogP contribution in [0.15, 0.2) is 30.3 Å². The number of anilines is 2. The molecule has 27 heavy (non-hydrogen) atoms. The van der Waals surface area contributed by atoms with E-state index < -0.39 is 0 Å². The summed E-state index contributed by atoms with van der Waals surface area (Å²) in [5, 5.41) is 3.75. The summed E-state index contributed by atoms with van der Waals surface area (Å²) in [4.78, 5) is 19.5. The minimum absolute atomic E-state index is 0.0158. The van der Waals surface area contributed by atoms with Crippen LogP contribution in [-0.2, 0) is 17.8 Å². The van der Waals surface area contributed by atoms with Gasteiger partial charge in [0, 0.05) is 30.5 Å². The van der Waals surface area contributed by atoms with Crippen molar-refractivity contribution < 1.29 is 4.79 Å². The number of hydrogen-bond donors (Lipinski definition) is 1. The quantitative estimate of drug-likeness (QED) is 0.769. The van der Waals surface area contributed by atoms with Gasteiger partial charge in [0.1, 0.15) is 5.82 Å². The first-order valence-electron chi connectivity index (χ1n) is 9.44. The summed E-state index contributed by atoms with van der Waals surface area (Å²) in [6.07, 6.45) is 1.36. The highest BCUT2D eigenvalue weighted by Gasteiger charge is 2.28. The molecule has 1 amide bonds. The molecule has 0 saturated heterocycles. The molecule has 144 valence electrons. The van der Waals surface area contributed by atoms with E-state index in [4.69, 9.17) is 16.6 Å². The number of carbonyl (C=O) groups is 1. The molecule has 0 bridgehead atoms. The predicted molar refractivity (Wildman–Crippen MR) is 112 cm³/mol. The SMILES string of the molecule is Cc1cc2c(nc1NC(=O)CC(C)(C)C)C[C@H](C)N2Cc1ccc(Cl)cc1. The molecule has 0 unspecified atom stereocenters. The van der Waals surface area contributed by atoms with Gasteiger partial charge in [0.15, 0.2) is 0 Å². The van der Waals surface area contributed by atoms with Crippen LogP contribution in [-0.4, -0.2) is 16.9 Å². The Hall–Kier alpha value is -2.07. The van der Waals surface area contributed by atoms with Gasteiger partial charge in [-0.15, -0.1) is 0 Å². The Morgan fingerprint density at radius 2 is 1.96 bits per heavy atom. The summed E-state index contributed by atoms with van der Waals surface area (Å²) in [6.45, 7) is 11.2. The molecule has 1 aliphatic rings. The highest BCUT2D eigenvalue weighted by Crippen LogP contribution is 2.35. The third-order valence-electron chi connectivity index (χ3n) is 4.81. The molecule has 1 aliphatic heterocycles. The Labute approximate surface area is 166 Å². The van der Waals surface area contributed by atoms with Crippen molar-refractivity contribution in [2.45, 2.75) is 60.0 Å². The average Bonchev–Trinajstić information content (AvgIpc) is 2.83. The van der Waals surface area contributed by atoms with Gasteiger partial charge in [-0.25, -0.2) is 4.98 Å². The molecule has 0 spiro atoms. The van der Waals surface area contributed by atoms with Gasteiger partial charge in [-0.3, -0.25) is 4.79 Å². The van der Waals surface area contributed by atoms with Gasteiger partial charge in [-0.05, 0) is 48.6 Å². The highest BCUT2D eigenvalue weighted by atomic mass is 35.5. The molecular formula is C22H28ClN3O. The normalized spacial score (nSPS) is 16.4. The van der Waals surface area contributed by atoms with E-state index in [1.54, 1.807) is 0 Å². The maximum atomic E-state index is 12.3. The zero-order valence-corrected chi connectivity index (χ0v) is 17.5. The van der Waals surface area contributed by atoms with Crippen LogP contribution in [0.1, 0.15) is 50.9 Å². The number of fused-ring (bicyclic) bond motifs is 1. The fourth-order valence-electron chi connectivity index (χ4n) is 3.48. The van der Waals surface area contributed by atoms with Gasteiger partial charge in [-0.1, -0.05) is 44.5 Å². The van der Waals surface area contributed by atoms with E-state index in [2.05, 4.69) is 56.1 Å².